The van der Waals surface area contributed by atoms with Gasteiger partial charge >= 0.3 is 0 Å². The van der Waals surface area contributed by atoms with Gasteiger partial charge < -0.3 is 5.32 Å². The van der Waals surface area contributed by atoms with Crippen LogP contribution in [0.2, 0.25) is 0 Å². The van der Waals surface area contributed by atoms with Crippen LogP contribution in [-0.4, -0.2) is 17.5 Å². The monoisotopic (exact) mass is 387 g/mol. The van der Waals surface area contributed by atoms with Gasteiger partial charge in [0.15, 0.2) is 0 Å². The zero-order valence-corrected chi connectivity index (χ0v) is 17.0. The van der Waals surface area contributed by atoms with Crippen molar-refractivity contribution in [1.29, 1.82) is 0 Å². The molecule has 3 rings (SSSR count). The smallest absolute Gasteiger partial charge is 0.240 e. The van der Waals surface area contributed by atoms with Crippen molar-refractivity contribution in [3.8, 4) is 0 Å². The van der Waals surface area contributed by atoms with E-state index in [-0.39, 0.29) is 24.7 Å². The second-order valence-corrected chi connectivity index (χ2v) is 7.16. The molecule has 0 radical (unpaired) electrons. The fourth-order valence-electron chi connectivity index (χ4n) is 2.99. The van der Waals surface area contributed by atoms with Crippen LogP contribution in [0.3, 0.4) is 0 Å². The lowest BCUT2D eigenvalue weighted by atomic mass is 10.0. The van der Waals surface area contributed by atoms with E-state index < -0.39 is 0 Å². The van der Waals surface area contributed by atoms with E-state index in [0.29, 0.717) is 5.71 Å². The number of hydrazone groups is 1. The Kier molecular flexibility index (Phi) is 6.39. The Labute approximate surface area is 170 Å². The minimum Gasteiger partial charge on any atom is -0.326 e. The highest BCUT2D eigenvalue weighted by Crippen LogP contribution is 2.17. The van der Waals surface area contributed by atoms with Crippen molar-refractivity contribution in [1.82, 2.24) is 5.43 Å². The first-order valence-corrected chi connectivity index (χ1v) is 9.62. The summed E-state index contributed by atoms with van der Waals surface area (Å²) < 4.78 is 0. The fraction of sp³-hybridized carbons (Fsp3) is 0.208. The Morgan fingerprint density at radius 2 is 1.59 bits per heavy atom. The minimum absolute atomic E-state index is 0.0746. The van der Waals surface area contributed by atoms with Gasteiger partial charge in [0.1, 0.15) is 0 Å². The van der Waals surface area contributed by atoms with Crippen LogP contribution in [0, 0.1) is 13.8 Å². The molecule has 0 spiro atoms. The lowest BCUT2D eigenvalue weighted by Gasteiger charge is -2.09. The number of amides is 2. The van der Waals surface area contributed by atoms with Crippen LogP contribution in [0.4, 0.5) is 5.69 Å². The third kappa shape index (κ3) is 5.51. The molecule has 2 N–H and O–H groups in total. The molecular formula is C24H25N3O2. The second-order valence-electron chi connectivity index (χ2n) is 7.16. The molecule has 0 aliphatic rings. The van der Waals surface area contributed by atoms with E-state index in [9.17, 15) is 9.59 Å². The van der Waals surface area contributed by atoms with Gasteiger partial charge in [-0.15, -0.1) is 0 Å². The summed E-state index contributed by atoms with van der Waals surface area (Å²) in [4.78, 5) is 24.2. The normalized spacial score (nSPS) is 11.3. The number of benzene rings is 3. The van der Waals surface area contributed by atoms with E-state index in [1.807, 2.05) is 75.4 Å². The molecule has 5 nitrogen and oxygen atoms in total. The van der Waals surface area contributed by atoms with E-state index >= 15 is 0 Å². The van der Waals surface area contributed by atoms with Crippen molar-refractivity contribution in [2.75, 3.05) is 5.32 Å². The molecule has 0 unspecified atom stereocenters. The van der Waals surface area contributed by atoms with Crippen molar-refractivity contribution >= 4 is 34.0 Å². The van der Waals surface area contributed by atoms with Crippen LogP contribution in [0.15, 0.2) is 65.8 Å². The van der Waals surface area contributed by atoms with Gasteiger partial charge in [0.2, 0.25) is 11.8 Å². The fourth-order valence-corrected chi connectivity index (χ4v) is 2.99. The van der Waals surface area contributed by atoms with Crippen LogP contribution in [-0.2, 0) is 9.59 Å². The van der Waals surface area contributed by atoms with Crippen LogP contribution < -0.4 is 10.7 Å². The minimum atomic E-state index is -0.291. The van der Waals surface area contributed by atoms with Gasteiger partial charge in [0.05, 0.1) is 5.71 Å². The summed E-state index contributed by atoms with van der Waals surface area (Å²) >= 11 is 0. The molecule has 5 heteroatoms. The number of anilines is 1. The van der Waals surface area contributed by atoms with E-state index in [0.717, 1.165) is 33.2 Å². The summed E-state index contributed by atoms with van der Waals surface area (Å²) in [5, 5.41) is 9.31. The lowest BCUT2D eigenvalue weighted by molar-refractivity contribution is -0.124. The molecule has 3 aromatic carbocycles. The van der Waals surface area contributed by atoms with Gasteiger partial charge in [-0.3, -0.25) is 9.59 Å². The maximum atomic E-state index is 12.1. The third-order valence-corrected chi connectivity index (χ3v) is 4.76. The summed E-state index contributed by atoms with van der Waals surface area (Å²) in [6.45, 7) is 5.75. The van der Waals surface area contributed by atoms with Gasteiger partial charge in [-0.25, -0.2) is 5.43 Å². The quantitative estimate of drug-likeness (QED) is 0.475. The van der Waals surface area contributed by atoms with Crippen LogP contribution in [0.1, 0.15) is 36.5 Å². The predicted molar refractivity (Wildman–Crippen MR) is 118 cm³/mol. The maximum absolute atomic E-state index is 12.1. The van der Waals surface area contributed by atoms with E-state index in [1.54, 1.807) is 0 Å². The molecule has 0 atom stereocenters. The zero-order chi connectivity index (χ0) is 20.8. The Morgan fingerprint density at radius 1 is 0.862 bits per heavy atom. The number of nitrogens with zero attached hydrogens (tertiary/aromatic N) is 1. The molecular weight excluding hydrogens is 362 g/mol. The topological polar surface area (TPSA) is 70.6 Å². The Balaban J connectivity index is 1.53. The molecule has 0 aliphatic heterocycles. The highest BCUT2D eigenvalue weighted by Gasteiger charge is 2.09. The average Bonchev–Trinajstić information content (AvgIpc) is 2.72. The number of nitrogens with one attached hydrogen (secondary N) is 2. The Bertz CT molecular complexity index is 1090. The predicted octanol–water partition coefficient (Wildman–Crippen LogP) is 4.72. The number of fused-ring (bicyclic) bond motifs is 1. The maximum Gasteiger partial charge on any atom is 0.240 e. The number of carbonyl (C=O) groups is 2. The van der Waals surface area contributed by atoms with Crippen molar-refractivity contribution < 1.29 is 9.59 Å². The van der Waals surface area contributed by atoms with Gasteiger partial charge in [-0.2, -0.15) is 5.10 Å². The van der Waals surface area contributed by atoms with Gasteiger partial charge in [-0.05, 0) is 60.4 Å². The standard InChI is InChI=1S/C24H25N3O2/c1-16-8-9-17(2)22(14-16)25-23(28)12-13-24(29)27-26-18(3)20-11-10-19-6-4-5-7-21(19)15-20/h4-11,14-15H,12-13H2,1-3H3,(H,25,28)(H,27,29). The molecule has 148 valence electrons. The largest absolute Gasteiger partial charge is 0.326 e. The molecule has 0 bridgehead atoms. The molecule has 2 amide bonds. The molecule has 0 saturated carbocycles. The molecule has 29 heavy (non-hydrogen) atoms. The first kappa shape index (κ1) is 20.3. The molecule has 0 saturated heterocycles. The SMILES string of the molecule is CC(=NNC(=O)CCC(=O)Nc1cc(C)ccc1C)c1ccc2ccccc2c1. The molecule has 3 aromatic rings. The Hall–Kier alpha value is -3.47. The third-order valence-electron chi connectivity index (χ3n) is 4.76. The first-order chi connectivity index (χ1) is 13.9. The number of rotatable bonds is 6. The van der Waals surface area contributed by atoms with Gasteiger partial charge in [0.25, 0.3) is 0 Å². The summed E-state index contributed by atoms with van der Waals surface area (Å²) in [5.74, 6) is -0.481. The van der Waals surface area contributed by atoms with Crippen molar-refractivity contribution in [2.45, 2.75) is 33.6 Å². The van der Waals surface area contributed by atoms with E-state index in [2.05, 4.69) is 21.9 Å². The molecule has 0 aliphatic carbocycles. The lowest BCUT2D eigenvalue weighted by Crippen LogP contribution is -2.22. The average molecular weight is 387 g/mol. The van der Waals surface area contributed by atoms with Crippen molar-refractivity contribution in [2.24, 2.45) is 5.10 Å². The summed E-state index contributed by atoms with van der Waals surface area (Å²) in [6, 6.07) is 20.0. The molecule has 0 heterocycles. The number of aryl methyl sites for hydroxylation is 2. The van der Waals surface area contributed by atoms with E-state index in [1.165, 1.54) is 0 Å². The number of carbonyl (C=O) groups excluding carboxylic acids is 2. The second kappa shape index (κ2) is 9.15. The number of hydrogen-bond donors (Lipinski definition) is 2. The zero-order valence-electron chi connectivity index (χ0n) is 17.0. The first-order valence-electron chi connectivity index (χ1n) is 9.62. The highest BCUT2D eigenvalue weighted by molar-refractivity contribution is 6.02. The summed E-state index contributed by atoms with van der Waals surface area (Å²) in [6.07, 6.45) is 0.176. The molecule has 0 aromatic heterocycles. The van der Waals surface area contributed by atoms with Crippen LogP contribution in [0.25, 0.3) is 10.8 Å². The number of hydrogen-bond acceptors (Lipinski definition) is 3. The van der Waals surface area contributed by atoms with Crippen LogP contribution >= 0.6 is 0 Å². The summed E-state index contributed by atoms with van der Waals surface area (Å²) in [5.41, 5.74) is 7.03. The Morgan fingerprint density at radius 3 is 2.38 bits per heavy atom. The van der Waals surface area contributed by atoms with Gasteiger partial charge in [0, 0.05) is 18.5 Å². The van der Waals surface area contributed by atoms with E-state index in [4.69, 9.17) is 0 Å². The van der Waals surface area contributed by atoms with Crippen LogP contribution in [0.5, 0.6) is 0 Å². The van der Waals surface area contributed by atoms with Crippen molar-refractivity contribution in [3.63, 3.8) is 0 Å². The van der Waals surface area contributed by atoms with Gasteiger partial charge in [-0.1, -0.05) is 48.5 Å². The summed E-state index contributed by atoms with van der Waals surface area (Å²) in [7, 11) is 0. The molecule has 0 fully saturated rings. The van der Waals surface area contributed by atoms with Crippen molar-refractivity contribution in [3.05, 3.63) is 77.4 Å². The highest BCUT2D eigenvalue weighted by atomic mass is 16.2.